The van der Waals surface area contributed by atoms with E-state index in [9.17, 15) is 18.0 Å². The van der Waals surface area contributed by atoms with Crippen molar-refractivity contribution in [1.29, 1.82) is 0 Å². The Morgan fingerprint density at radius 2 is 1.87 bits per heavy atom. The fraction of sp³-hybridized carbons (Fsp3) is 0.875. The zero-order valence-electron chi connectivity index (χ0n) is 8.60. The van der Waals surface area contributed by atoms with E-state index in [0.29, 0.717) is 6.42 Å². The number of amides is 1. The van der Waals surface area contributed by atoms with Crippen molar-refractivity contribution < 1.29 is 18.0 Å². The van der Waals surface area contributed by atoms with E-state index in [0.717, 1.165) is 0 Å². The monoisotopic (exact) mass is 248 g/mol. The lowest BCUT2D eigenvalue weighted by atomic mass is 10.0. The van der Waals surface area contributed by atoms with Gasteiger partial charge in [-0.2, -0.15) is 13.2 Å². The zero-order valence-corrected chi connectivity index (χ0v) is 9.41. The average Bonchev–Trinajstić information content (AvgIpc) is 1.97. The lowest BCUT2D eigenvalue weighted by molar-refractivity contribution is -0.139. The van der Waals surface area contributed by atoms with E-state index in [1.54, 1.807) is 5.32 Å². The molecular weight excluding hydrogens is 233 g/mol. The summed E-state index contributed by atoms with van der Waals surface area (Å²) in [4.78, 5) is 11.0. The molecule has 7 heteroatoms. The summed E-state index contributed by atoms with van der Waals surface area (Å²) in [5.74, 6) is -0.572. The Morgan fingerprint density at radius 1 is 1.40 bits per heavy atom. The third kappa shape index (κ3) is 9.81. The summed E-state index contributed by atoms with van der Waals surface area (Å²) in [7, 11) is 0. The van der Waals surface area contributed by atoms with E-state index < -0.39 is 24.7 Å². The molecule has 0 fully saturated rings. The highest BCUT2D eigenvalue weighted by atomic mass is 35.5. The van der Waals surface area contributed by atoms with Gasteiger partial charge in [-0.3, -0.25) is 4.79 Å². The fourth-order valence-electron chi connectivity index (χ4n) is 0.933. The molecule has 0 radical (unpaired) electrons. The van der Waals surface area contributed by atoms with Gasteiger partial charge < -0.3 is 11.1 Å². The van der Waals surface area contributed by atoms with Crippen LogP contribution in [0.5, 0.6) is 0 Å². The van der Waals surface area contributed by atoms with Gasteiger partial charge in [0, 0.05) is 0 Å². The van der Waals surface area contributed by atoms with Gasteiger partial charge in [-0.25, -0.2) is 0 Å². The van der Waals surface area contributed by atoms with Crippen molar-refractivity contribution in [2.24, 2.45) is 11.7 Å². The molecule has 92 valence electrons. The SMILES string of the molecule is CC(C)C[C@H](N)C(=O)NCC(F)(F)F.Cl. The topological polar surface area (TPSA) is 55.1 Å². The molecule has 0 aliphatic carbocycles. The predicted octanol–water partition coefficient (Wildman–Crippen LogP) is 1.46. The van der Waals surface area contributed by atoms with Crippen LogP contribution in [0.15, 0.2) is 0 Å². The van der Waals surface area contributed by atoms with Crippen LogP contribution in [0.3, 0.4) is 0 Å². The number of carbonyl (C=O) groups is 1. The van der Waals surface area contributed by atoms with E-state index in [2.05, 4.69) is 0 Å². The van der Waals surface area contributed by atoms with Crippen LogP contribution >= 0.6 is 12.4 Å². The Kier molecular flexibility index (Phi) is 7.78. The molecule has 0 aromatic rings. The minimum Gasteiger partial charge on any atom is -0.346 e. The van der Waals surface area contributed by atoms with E-state index in [-0.39, 0.29) is 18.3 Å². The van der Waals surface area contributed by atoms with E-state index in [1.165, 1.54) is 0 Å². The maximum Gasteiger partial charge on any atom is 0.405 e. The Hall–Kier alpha value is -0.490. The standard InChI is InChI=1S/C8H15F3N2O.ClH/c1-5(2)3-6(12)7(14)13-4-8(9,10)11;/h5-6H,3-4,12H2,1-2H3,(H,13,14);1H/t6-;/m0./s1. The number of rotatable bonds is 4. The molecule has 1 atom stereocenters. The molecule has 3 N–H and O–H groups in total. The minimum absolute atomic E-state index is 0. The third-order valence-corrected chi connectivity index (χ3v) is 1.53. The van der Waals surface area contributed by atoms with E-state index >= 15 is 0 Å². The van der Waals surface area contributed by atoms with Gasteiger partial charge >= 0.3 is 6.18 Å². The first-order chi connectivity index (χ1) is 6.22. The van der Waals surface area contributed by atoms with Crippen molar-refractivity contribution in [3.05, 3.63) is 0 Å². The predicted molar refractivity (Wildman–Crippen MR) is 53.7 cm³/mol. The largest absolute Gasteiger partial charge is 0.405 e. The van der Waals surface area contributed by atoms with Crippen molar-refractivity contribution in [3.8, 4) is 0 Å². The van der Waals surface area contributed by atoms with Crippen molar-refractivity contribution in [3.63, 3.8) is 0 Å². The molecule has 1 amide bonds. The first-order valence-corrected chi connectivity index (χ1v) is 4.32. The zero-order chi connectivity index (χ0) is 11.4. The summed E-state index contributed by atoms with van der Waals surface area (Å²) in [6.07, 6.45) is -4.00. The number of hydrogen-bond donors (Lipinski definition) is 2. The number of halogens is 4. The highest BCUT2D eigenvalue weighted by molar-refractivity contribution is 5.85. The van der Waals surface area contributed by atoms with Gasteiger partial charge in [-0.1, -0.05) is 13.8 Å². The normalized spacial score (nSPS) is 13.3. The van der Waals surface area contributed by atoms with Gasteiger partial charge in [0.2, 0.25) is 5.91 Å². The van der Waals surface area contributed by atoms with Gasteiger partial charge in [-0.05, 0) is 12.3 Å². The van der Waals surface area contributed by atoms with Gasteiger partial charge in [0.25, 0.3) is 0 Å². The van der Waals surface area contributed by atoms with E-state index in [1.807, 2.05) is 13.8 Å². The van der Waals surface area contributed by atoms with Crippen LogP contribution in [0, 0.1) is 5.92 Å². The number of nitrogens with one attached hydrogen (secondary N) is 1. The molecule has 0 unspecified atom stereocenters. The summed E-state index contributed by atoms with van der Waals surface area (Å²) in [6, 6.07) is -0.864. The fourth-order valence-corrected chi connectivity index (χ4v) is 0.933. The molecule has 0 spiro atoms. The second-order valence-electron chi connectivity index (χ2n) is 3.57. The first-order valence-electron chi connectivity index (χ1n) is 4.32. The molecule has 0 aromatic carbocycles. The molecule has 0 saturated carbocycles. The lowest BCUT2D eigenvalue weighted by Crippen LogP contribution is -2.44. The number of hydrogen-bond acceptors (Lipinski definition) is 2. The van der Waals surface area contributed by atoms with Crippen molar-refractivity contribution in [2.75, 3.05) is 6.54 Å². The maximum absolute atomic E-state index is 11.7. The van der Waals surface area contributed by atoms with Crippen LogP contribution in [0.2, 0.25) is 0 Å². The van der Waals surface area contributed by atoms with Crippen LogP contribution < -0.4 is 11.1 Å². The molecule has 0 aliphatic heterocycles. The number of carbonyl (C=O) groups excluding carboxylic acids is 1. The van der Waals surface area contributed by atoms with E-state index in [4.69, 9.17) is 5.73 Å². The first kappa shape index (κ1) is 16.9. The third-order valence-electron chi connectivity index (χ3n) is 1.53. The van der Waals surface area contributed by atoms with Crippen LogP contribution in [-0.2, 0) is 4.79 Å². The summed E-state index contributed by atoms with van der Waals surface area (Å²) >= 11 is 0. The molecule has 0 heterocycles. The molecule has 3 nitrogen and oxygen atoms in total. The molecule has 0 bridgehead atoms. The van der Waals surface area contributed by atoms with Crippen LogP contribution in [0.4, 0.5) is 13.2 Å². The lowest BCUT2D eigenvalue weighted by Gasteiger charge is -2.14. The van der Waals surface area contributed by atoms with Crippen LogP contribution in [0.1, 0.15) is 20.3 Å². The summed E-state index contributed by atoms with van der Waals surface area (Å²) < 4.78 is 35.1. The van der Waals surface area contributed by atoms with Gasteiger partial charge in [0.05, 0.1) is 6.04 Å². The Bertz CT molecular complexity index is 197. The van der Waals surface area contributed by atoms with Gasteiger partial charge in [0.15, 0.2) is 0 Å². The summed E-state index contributed by atoms with van der Waals surface area (Å²) in [5, 5.41) is 1.74. The average molecular weight is 249 g/mol. The molecular formula is C8H16ClF3N2O. The van der Waals surface area contributed by atoms with Crippen molar-refractivity contribution in [1.82, 2.24) is 5.32 Å². The number of nitrogens with two attached hydrogens (primary N) is 1. The maximum atomic E-state index is 11.7. The minimum atomic E-state index is -4.38. The Labute approximate surface area is 93.0 Å². The molecule has 15 heavy (non-hydrogen) atoms. The van der Waals surface area contributed by atoms with Crippen molar-refractivity contribution >= 4 is 18.3 Å². The Morgan fingerprint density at radius 3 is 2.20 bits per heavy atom. The van der Waals surface area contributed by atoms with Crippen molar-refractivity contribution in [2.45, 2.75) is 32.5 Å². The smallest absolute Gasteiger partial charge is 0.346 e. The van der Waals surface area contributed by atoms with Gasteiger partial charge in [-0.15, -0.1) is 12.4 Å². The molecule has 0 aromatic heterocycles. The quantitative estimate of drug-likeness (QED) is 0.791. The van der Waals surface area contributed by atoms with Crippen LogP contribution in [-0.4, -0.2) is 24.7 Å². The summed E-state index contributed by atoms with van der Waals surface area (Å²) in [6.45, 7) is 2.37. The highest BCUT2D eigenvalue weighted by Gasteiger charge is 2.28. The highest BCUT2D eigenvalue weighted by Crippen LogP contribution is 2.12. The van der Waals surface area contributed by atoms with Crippen LogP contribution in [0.25, 0.3) is 0 Å². The molecule has 0 aliphatic rings. The Balaban J connectivity index is 0. The van der Waals surface area contributed by atoms with Gasteiger partial charge in [0.1, 0.15) is 6.54 Å². The second kappa shape index (κ2) is 6.90. The molecule has 0 saturated heterocycles. The second-order valence-corrected chi connectivity index (χ2v) is 3.57. The summed E-state index contributed by atoms with van der Waals surface area (Å²) in [5.41, 5.74) is 5.37. The molecule has 0 rings (SSSR count). The number of alkyl halides is 3.